The van der Waals surface area contributed by atoms with Crippen LogP contribution < -0.4 is 5.32 Å². The number of aliphatic hydroxyl groups excluding tert-OH is 2. The monoisotopic (exact) mass is 215 g/mol. The maximum atomic E-state index is 9.29. The summed E-state index contributed by atoms with van der Waals surface area (Å²) in [4.78, 5) is 0. The van der Waals surface area contributed by atoms with E-state index in [1.165, 1.54) is 19.3 Å². The molecular weight excluding hydrogens is 190 g/mol. The van der Waals surface area contributed by atoms with E-state index < -0.39 is 6.10 Å². The van der Waals surface area contributed by atoms with Gasteiger partial charge in [0.25, 0.3) is 0 Å². The van der Waals surface area contributed by atoms with Gasteiger partial charge in [-0.25, -0.2) is 0 Å². The molecule has 3 heteroatoms. The Bertz CT molecular complexity index is 167. The topological polar surface area (TPSA) is 52.5 Å². The zero-order valence-electron chi connectivity index (χ0n) is 9.95. The van der Waals surface area contributed by atoms with Gasteiger partial charge in [-0.2, -0.15) is 0 Å². The largest absolute Gasteiger partial charge is 0.395 e. The van der Waals surface area contributed by atoms with E-state index in [2.05, 4.69) is 12.2 Å². The first-order chi connectivity index (χ1) is 7.13. The second-order valence-electron chi connectivity index (χ2n) is 5.07. The van der Waals surface area contributed by atoms with Crippen LogP contribution in [-0.4, -0.2) is 35.5 Å². The molecule has 0 bridgehead atoms. The number of hydrogen-bond donors (Lipinski definition) is 3. The molecule has 1 aliphatic rings. The van der Waals surface area contributed by atoms with Crippen molar-refractivity contribution in [2.24, 2.45) is 11.8 Å². The van der Waals surface area contributed by atoms with Gasteiger partial charge in [0.05, 0.1) is 18.8 Å². The molecule has 0 aromatic heterocycles. The highest BCUT2D eigenvalue weighted by molar-refractivity contribution is 4.77. The SMILES string of the molecule is CC1CC(CCCN[C@H](CO)[C@@H](C)O)C1. The zero-order valence-corrected chi connectivity index (χ0v) is 9.95. The predicted molar refractivity (Wildman–Crippen MR) is 61.7 cm³/mol. The van der Waals surface area contributed by atoms with Crippen LogP contribution in [0.5, 0.6) is 0 Å². The normalized spacial score (nSPS) is 29.6. The van der Waals surface area contributed by atoms with E-state index in [1.807, 2.05) is 0 Å². The van der Waals surface area contributed by atoms with E-state index >= 15 is 0 Å². The molecule has 15 heavy (non-hydrogen) atoms. The van der Waals surface area contributed by atoms with E-state index in [0.29, 0.717) is 0 Å². The van der Waals surface area contributed by atoms with Crippen molar-refractivity contribution in [1.29, 1.82) is 0 Å². The quantitative estimate of drug-likeness (QED) is 0.558. The van der Waals surface area contributed by atoms with Crippen LogP contribution in [0.3, 0.4) is 0 Å². The molecule has 1 rings (SSSR count). The second kappa shape index (κ2) is 6.46. The molecule has 0 heterocycles. The van der Waals surface area contributed by atoms with E-state index in [-0.39, 0.29) is 12.6 Å². The summed E-state index contributed by atoms with van der Waals surface area (Å²) in [6.45, 7) is 4.94. The fourth-order valence-electron chi connectivity index (χ4n) is 2.37. The maximum Gasteiger partial charge on any atom is 0.0687 e. The molecule has 0 radical (unpaired) electrons. The molecule has 0 aliphatic heterocycles. The van der Waals surface area contributed by atoms with Crippen molar-refractivity contribution in [1.82, 2.24) is 5.32 Å². The van der Waals surface area contributed by atoms with Crippen molar-refractivity contribution in [2.45, 2.75) is 51.7 Å². The van der Waals surface area contributed by atoms with Gasteiger partial charge in [-0.1, -0.05) is 6.92 Å². The first-order valence-electron chi connectivity index (χ1n) is 6.15. The van der Waals surface area contributed by atoms with Crippen LogP contribution in [-0.2, 0) is 0 Å². The lowest BCUT2D eigenvalue weighted by atomic mass is 9.74. The van der Waals surface area contributed by atoms with Gasteiger partial charge in [0.15, 0.2) is 0 Å². The van der Waals surface area contributed by atoms with E-state index in [1.54, 1.807) is 6.92 Å². The molecule has 3 N–H and O–H groups in total. The molecule has 0 unspecified atom stereocenters. The molecule has 0 aromatic rings. The predicted octanol–water partition coefficient (Wildman–Crippen LogP) is 1.14. The number of rotatable bonds is 7. The summed E-state index contributed by atoms with van der Waals surface area (Å²) in [7, 11) is 0. The third kappa shape index (κ3) is 4.49. The minimum absolute atomic E-state index is 0.0120. The minimum atomic E-state index is -0.473. The average molecular weight is 215 g/mol. The summed E-state index contributed by atoms with van der Waals surface area (Å²) in [5.41, 5.74) is 0. The lowest BCUT2D eigenvalue weighted by Crippen LogP contribution is -2.41. The third-order valence-corrected chi connectivity index (χ3v) is 3.45. The van der Waals surface area contributed by atoms with Crippen molar-refractivity contribution in [2.75, 3.05) is 13.2 Å². The van der Waals surface area contributed by atoms with E-state index in [0.717, 1.165) is 24.8 Å². The highest BCUT2D eigenvalue weighted by Gasteiger charge is 2.24. The highest BCUT2D eigenvalue weighted by Crippen LogP contribution is 2.35. The van der Waals surface area contributed by atoms with Crippen molar-refractivity contribution < 1.29 is 10.2 Å². The Balaban J connectivity index is 1.96. The number of nitrogens with one attached hydrogen (secondary N) is 1. The van der Waals surface area contributed by atoms with Gasteiger partial charge < -0.3 is 15.5 Å². The van der Waals surface area contributed by atoms with Gasteiger partial charge in [-0.15, -0.1) is 0 Å². The molecule has 1 fully saturated rings. The smallest absolute Gasteiger partial charge is 0.0687 e. The van der Waals surface area contributed by atoms with Crippen LogP contribution >= 0.6 is 0 Å². The molecule has 90 valence electrons. The summed E-state index contributed by atoms with van der Waals surface area (Å²) in [5, 5.41) is 21.4. The van der Waals surface area contributed by atoms with Gasteiger partial charge in [-0.05, 0) is 51.0 Å². The summed E-state index contributed by atoms with van der Waals surface area (Å²) in [6.07, 6.45) is 4.74. The molecule has 2 atom stereocenters. The van der Waals surface area contributed by atoms with Gasteiger partial charge in [0.1, 0.15) is 0 Å². The molecular formula is C12H25NO2. The highest BCUT2D eigenvalue weighted by atomic mass is 16.3. The molecule has 0 spiro atoms. The fourth-order valence-corrected chi connectivity index (χ4v) is 2.37. The van der Waals surface area contributed by atoms with Gasteiger partial charge in [0.2, 0.25) is 0 Å². The molecule has 1 saturated carbocycles. The lowest BCUT2D eigenvalue weighted by Gasteiger charge is -2.32. The van der Waals surface area contributed by atoms with Crippen molar-refractivity contribution in [3.63, 3.8) is 0 Å². The van der Waals surface area contributed by atoms with Crippen LogP contribution in [0.4, 0.5) is 0 Å². The Morgan fingerprint density at radius 2 is 2.07 bits per heavy atom. The van der Waals surface area contributed by atoms with Crippen LogP contribution in [0.25, 0.3) is 0 Å². The van der Waals surface area contributed by atoms with E-state index in [4.69, 9.17) is 5.11 Å². The van der Waals surface area contributed by atoms with Gasteiger partial charge >= 0.3 is 0 Å². The van der Waals surface area contributed by atoms with Gasteiger partial charge in [-0.3, -0.25) is 0 Å². The molecule has 3 nitrogen and oxygen atoms in total. The Morgan fingerprint density at radius 1 is 1.40 bits per heavy atom. The summed E-state index contributed by atoms with van der Waals surface area (Å²) in [6, 6.07) is -0.162. The first kappa shape index (κ1) is 12.9. The third-order valence-electron chi connectivity index (χ3n) is 3.45. The van der Waals surface area contributed by atoms with Crippen molar-refractivity contribution in [3.05, 3.63) is 0 Å². The Morgan fingerprint density at radius 3 is 2.53 bits per heavy atom. The lowest BCUT2D eigenvalue weighted by molar-refractivity contribution is 0.103. The zero-order chi connectivity index (χ0) is 11.3. The number of hydrogen-bond acceptors (Lipinski definition) is 3. The fraction of sp³-hybridized carbons (Fsp3) is 1.00. The maximum absolute atomic E-state index is 9.29. The second-order valence-corrected chi connectivity index (χ2v) is 5.07. The summed E-state index contributed by atoms with van der Waals surface area (Å²) >= 11 is 0. The van der Waals surface area contributed by atoms with E-state index in [9.17, 15) is 5.11 Å². The van der Waals surface area contributed by atoms with Crippen LogP contribution in [0.15, 0.2) is 0 Å². The van der Waals surface area contributed by atoms with Crippen LogP contribution in [0.2, 0.25) is 0 Å². The standard InChI is InChI=1S/C12H25NO2/c1-9-6-11(7-9)4-3-5-13-12(8-14)10(2)15/h9-15H,3-8H2,1-2H3/t9?,10-,11?,12-/m1/s1. The molecule has 0 aromatic carbocycles. The minimum Gasteiger partial charge on any atom is -0.395 e. The van der Waals surface area contributed by atoms with Crippen molar-refractivity contribution >= 4 is 0 Å². The average Bonchev–Trinajstić information content (AvgIpc) is 2.14. The molecule has 0 amide bonds. The van der Waals surface area contributed by atoms with Gasteiger partial charge in [0, 0.05) is 0 Å². The van der Waals surface area contributed by atoms with Crippen molar-refractivity contribution in [3.8, 4) is 0 Å². The Kier molecular flexibility index (Phi) is 5.58. The summed E-state index contributed by atoms with van der Waals surface area (Å²) in [5.74, 6) is 1.87. The van der Waals surface area contributed by atoms with Crippen LogP contribution in [0, 0.1) is 11.8 Å². The summed E-state index contributed by atoms with van der Waals surface area (Å²) < 4.78 is 0. The Hall–Kier alpha value is -0.120. The van der Waals surface area contributed by atoms with Crippen LogP contribution in [0.1, 0.15) is 39.5 Å². The number of aliphatic hydroxyl groups is 2. The molecule has 0 saturated heterocycles. The Labute approximate surface area is 92.9 Å². The first-order valence-corrected chi connectivity index (χ1v) is 6.15. The molecule has 1 aliphatic carbocycles.